The molecule has 80 valence electrons. The van der Waals surface area contributed by atoms with Crippen LogP contribution in [0.2, 0.25) is 0 Å². The van der Waals surface area contributed by atoms with Crippen LogP contribution < -0.4 is 4.90 Å². The Labute approximate surface area is 89.3 Å². The molecule has 1 aromatic rings. The van der Waals surface area contributed by atoms with Gasteiger partial charge in [-0.05, 0) is 25.5 Å². The lowest BCUT2D eigenvalue weighted by Gasteiger charge is -2.36. The first-order valence-corrected chi connectivity index (χ1v) is 5.25. The van der Waals surface area contributed by atoms with E-state index >= 15 is 0 Å². The topological polar surface area (TPSA) is 40.5 Å². The van der Waals surface area contributed by atoms with Gasteiger partial charge in [0.1, 0.15) is 0 Å². The van der Waals surface area contributed by atoms with Crippen molar-refractivity contribution in [3.05, 3.63) is 30.3 Å². The summed E-state index contributed by atoms with van der Waals surface area (Å²) in [4.78, 5) is 13.5. The molecule has 0 bridgehead atoms. The van der Waals surface area contributed by atoms with E-state index in [1.54, 1.807) is 4.90 Å². The van der Waals surface area contributed by atoms with E-state index in [2.05, 4.69) is 0 Å². The van der Waals surface area contributed by atoms with Gasteiger partial charge < -0.3 is 10.0 Å². The van der Waals surface area contributed by atoms with Gasteiger partial charge >= 0.3 is 0 Å². The average molecular weight is 205 g/mol. The smallest absolute Gasteiger partial charge is 0.227 e. The predicted octanol–water partition coefficient (Wildman–Crippen LogP) is 1.56. The summed E-state index contributed by atoms with van der Waals surface area (Å²) in [7, 11) is 0. The molecule has 1 aliphatic heterocycles. The molecule has 3 heteroatoms. The summed E-state index contributed by atoms with van der Waals surface area (Å²) in [5.41, 5.74) is 0.869. The summed E-state index contributed by atoms with van der Waals surface area (Å²) < 4.78 is 0. The van der Waals surface area contributed by atoms with Gasteiger partial charge in [-0.3, -0.25) is 4.79 Å². The maximum absolute atomic E-state index is 11.8. The fourth-order valence-electron chi connectivity index (χ4n) is 2.00. The van der Waals surface area contributed by atoms with Crippen LogP contribution in [-0.2, 0) is 4.79 Å². The Morgan fingerprint density at radius 2 is 2.00 bits per heavy atom. The zero-order valence-electron chi connectivity index (χ0n) is 8.76. The van der Waals surface area contributed by atoms with Crippen LogP contribution in [0.4, 0.5) is 5.69 Å². The fourth-order valence-corrected chi connectivity index (χ4v) is 2.00. The number of carbonyl (C=O) groups excluding carboxylic acids is 1. The number of rotatable bonds is 1. The fraction of sp³-hybridized carbons (Fsp3) is 0.417. The number of aliphatic hydroxyl groups excluding tert-OH is 1. The highest BCUT2D eigenvalue weighted by atomic mass is 16.3. The van der Waals surface area contributed by atoms with Gasteiger partial charge in [-0.2, -0.15) is 0 Å². The Morgan fingerprint density at radius 3 is 2.67 bits per heavy atom. The van der Waals surface area contributed by atoms with E-state index in [-0.39, 0.29) is 11.9 Å². The highest BCUT2D eigenvalue weighted by Gasteiger charge is 2.32. The molecule has 1 saturated heterocycles. The van der Waals surface area contributed by atoms with Crippen LogP contribution in [0.3, 0.4) is 0 Å². The molecule has 3 nitrogen and oxygen atoms in total. The molecular weight excluding hydrogens is 190 g/mol. The molecule has 2 atom stereocenters. The first-order chi connectivity index (χ1) is 7.20. The van der Waals surface area contributed by atoms with Crippen molar-refractivity contribution in [1.82, 2.24) is 0 Å². The molecule has 1 N–H and O–H groups in total. The maximum atomic E-state index is 11.8. The third kappa shape index (κ3) is 1.88. The second kappa shape index (κ2) is 4.03. The normalized spacial score (nSPS) is 26.8. The van der Waals surface area contributed by atoms with Gasteiger partial charge in [0.05, 0.1) is 12.1 Å². The molecule has 0 saturated carbocycles. The Balaban J connectivity index is 2.29. The highest BCUT2D eigenvalue weighted by Crippen LogP contribution is 2.25. The molecule has 1 heterocycles. The first-order valence-electron chi connectivity index (χ1n) is 5.25. The van der Waals surface area contributed by atoms with E-state index in [1.807, 2.05) is 37.3 Å². The number of carbonyl (C=O) groups is 1. The van der Waals surface area contributed by atoms with Crippen molar-refractivity contribution in [3.8, 4) is 0 Å². The van der Waals surface area contributed by atoms with Crippen molar-refractivity contribution in [2.75, 3.05) is 4.90 Å². The van der Waals surface area contributed by atoms with E-state index in [0.29, 0.717) is 12.8 Å². The lowest BCUT2D eigenvalue weighted by molar-refractivity contribution is -0.122. The molecule has 0 unspecified atom stereocenters. The highest BCUT2D eigenvalue weighted by molar-refractivity contribution is 5.94. The number of aliphatic hydroxyl groups is 1. The molecule has 0 radical (unpaired) electrons. The monoisotopic (exact) mass is 205 g/mol. The minimum absolute atomic E-state index is 0.0963. The number of hydrogen-bond acceptors (Lipinski definition) is 2. The van der Waals surface area contributed by atoms with Gasteiger partial charge in [-0.15, -0.1) is 0 Å². The van der Waals surface area contributed by atoms with Crippen LogP contribution >= 0.6 is 0 Å². The standard InChI is InChI=1S/C12H15NO2/c1-9-11(14)7-8-12(15)13(9)10-5-3-2-4-6-10/h2-6,9,11,14H,7-8H2,1H3/t9-,11+/m1/s1. The van der Waals surface area contributed by atoms with Crippen molar-refractivity contribution >= 4 is 11.6 Å². The molecule has 15 heavy (non-hydrogen) atoms. The number of hydrogen-bond donors (Lipinski definition) is 1. The first kappa shape index (κ1) is 10.2. The van der Waals surface area contributed by atoms with Crippen molar-refractivity contribution in [2.45, 2.75) is 31.9 Å². The maximum Gasteiger partial charge on any atom is 0.227 e. The zero-order valence-corrected chi connectivity index (χ0v) is 8.76. The minimum atomic E-state index is -0.414. The Hall–Kier alpha value is -1.35. The van der Waals surface area contributed by atoms with Gasteiger partial charge in [-0.1, -0.05) is 18.2 Å². The molecule has 1 aliphatic rings. The molecule has 1 fully saturated rings. The third-order valence-corrected chi connectivity index (χ3v) is 2.92. The quantitative estimate of drug-likeness (QED) is 0.756. The number of nitrogens with zero attached hydrogens (tertiary/aromatic N) is 1. The summed E-state index contributed by atoms with van der Waals surface area (Å²) in [6.45, 7) is 1.88. The third-order valence-electron chi connectivity index (χ3n) is 2.92. The van der Waals surface area contributed by atoms with Crippen LogP contribution in [0.25, 0.3) is 0 Å². The Morgan fingerprint density at radius 1 is 1.33 bits per heavy atom. The van der Waals surface area contributed by atoms with Crippen LogP contribution in [0, 0.1) is 0 Å². The lowest BCUT2D eigenvalue weighted by atomic mass is 9.99. The summed E-state index contributed by atoms with van der Waals surface area (Å²) in [6, 6.07) is 9.37. The molecule has 1 amide bonds. The van der Waals surface area contributed by atoms with Crippen LogP contribution in [0.15, 0.2) is 30.3 Å². The number of piperidine rings is 1. The Bertz CT molecular complexity index is 350. The number of anilines is 1. The molecule has 0 aromatic heterocycles. The predicted molar refractivity (Wildman–Crippen MR) is 58.6 cm³/mol. The van der Waals surface area contributed by atoms with Gasteiger partial charge in [0, 0.05) is 12.1 Å². The second-order valence-corrected chi connectivity index (χ2v) is 3.95. The SMILES string of the molecule is C[C@@H]1[C@@H](O)CCC(=O)N1c1ccccc1. The molecule has 0 spiro atoms. The summed E-state index contributed by atoms with van der Waals surface area (Å²) >= 11 is 0. The van der Waals surface area contributed by atoms with Gasteiger partial charge in [-0.25, -0.2) is 0 Å². The van der Waals surface area contributed by atoms with Gasteiger partial charge in [0.2, 0.25) is 5.91 Å². The largest absolute Gasteiger partial charge is 0.391 e. The molecule has 2 rings (SSSR count). The van der Waals surface area contributed by atoms with Gasteiger partial charge in [0.25, 0.3) is 0 Å². The van der Waals surface area contributed by atoms with Crippen molar-refractivity contribution in [2.24, 2.45) is 0 Å². The van der Waals surface area contributed by atoms with Crippen LogP contribution in [0.1, 0.15) is 19.8 Å². The molecule has 0 aliphatic carbocycles. The number of benzene rings is 1. The Kier molecular flexibility index (Phi) is 2.73. The van der Waals surface area contributed by atoms with Gasteiger partial charge in [0.15, 0.2) is 0 Å². The van der Waals surface area contributed by atoms with Crippen LogP contribution in [-0.4, -0.2) is 23.2 Å². The van der Waals surface area contributed by atoms with Crippen molar-refractivity contribution in [1.29, 1.82) is 0 Å². The lowest BCUT2D eigenvalue weighted by Crippen LogP contribution is -2.49. The summed E-state index contributed by atoms with van der Waals surface area (Å²) in [5, 5.41) is 9.73. The summed E-state index contributed by atoms with van der Waals surface area (Å²) in [6.07, 6.45) is 0.590. The number of amides is 1. The van der Waals surface area contributed by atoms with E-state index in [0.717, 1.165) is 5.69 Å². The van der Waals surface area contributed by atoms with E-state index < -0.39 is 6.10 Å². The summed E-state index contributed by atoms with van der Waals surface area (Å²) in [5.74, 6) is 0.0963. The van der Waals surface area contributed by atoms with E-state index in [9.17, 15) is 9.90 Å². The minimum Gasteiger partial charge on any atom is -0.391 e. The van der Waals surface area contributed by atoms with E-state index in [1.165, 1.54) is 0 Å². The van der Waals surface area contributed by atoms with Crippen molar-refractivity contribution in [3.63, 3.8) is 0 Å². The number of para-hydroxylation sites is 1. The van der Waals surface area contributed by atoms with Crippen LogP contribution in [0.5, 0.6) is 0 Å². The molecule has 1 aromatic carbocycles. The van der Waals surface area contributed by atoms with E-state index in [4.69, 9.17) is 0 Å². The zero-order chi connectivity index (χ0) is 10.8. The second-order valence-electron chi connectivity index (χ2n) is 3.95. The average Bonchev–Trinajstić information content (AvgIpc) is 2.26. The molecular formula is C12H15NO2. The van der Waals surface area contributed by atoms with Crippen molar-refractivity contribution < 1.29 is 9.90 Å².